The number of hydrogen-bond acceptors (Lipinski definition) is 9. The fraction of sp³-hybridized carbons (Fsp3) is 0.304. The average Bonchev–Trinajstić information content (AvgIpc) is 3.46. The first-order valence-corrected chi connectivity index (χ1v) is 12.5. The maximum atomic E-state index is 12.2. The van der Waals surface area contributed by atoms with Gasteiger partial charge in [-0.25, -0.2) is 4.68 Å². The Morgan fingerprint density at radius 2 is 1.83 bits per heavy atom. The normalized spacial score (nSPS) is 10.8. The van der Waals surface area contributed by atoms with Crippen LogP contribution in [-0.2, 0) is 35.4 Å². The van der Waals surface area contributed by atoms with Crippen molar-refractivity contribution in [2.24, 2.45) is 0 Å². The van der Waals surface area contributed by atoms with Crippen LogP contribution in [0.3, 0.4) is 0 Å². The molecular formula is C23H24ClN9O2S. The zero-order valence-corrected chi connectivity index (χ0v) is 21.1. The molecule has 0 unspecified atom stereocenters. The molecule has 0 saturated carbocycles. The summed E-state index contributed by atoms with van der Waals surface area (Å²) in [6, 6.07) is 11.5. The van der Waals surface area contributed by atoms with E-state index in [1.54, 1.807) is 6.07 Å². The van der Waals surface area contributed by atoms with Crippen molar-refractivity contribution in [3.8, 4) is 0 Å². The number of unbranched alkanes of at least 4 members (excludes halogenated alkanes) is 1. The fourth-order valence-corrected chi connectivity index (χ4v) is 4.34. The number of aromatic nitrogens is 7. The van der Waals surface area contributed by atoms with Crippen LogP contribution in [0, 0.1) is 6.92 Å². The molecule has 3 heterocycles. The molecule has 0 bridgehead atoms. The van der Waals surface area contributed by atoms with Crippen LogP contribution >= 0.6 is 22.9 Å². The van der Waals surface area contributed by atoms with Crippen molar-refractivity contribution in [3.05, 3.63) is 69.6 Å². The van der Waals surface area contributed by atoms with E-state index in [0.29, 0.717) is 17.4 Å². The van der Waals surface area contributed by atoms with Crippen LogP contribution in [0.2, 0.25) is 5.15 Å². The summed E-state index contributed by atoms with van der Waals surface area (Å²) in [5, 5.41) is 30.8. The lowest BCUT2D eigenvalue weighted by atomic mass is 10.1. The van der Waals surface area contributed by atoms with Gasteiger partial charge in [0.05, 0.1) is 18.3 Å². The topological polar surface area (TPSA) is 140 Å². The van der Waals surface area contributed by atoms with E-state index < -0.39 is 0 Å². The number of aryl methyl sites for hydroxylation is 3. The number of nitrogens with zero attached hydrogens (tertiary/aromatic N) is 7. The summed E-state index contributed by atoms with van der Waals surface area (Å²) in [6.45, 7) is 1.99. The molecule has 0 aliphatic heterocycles. The van der Waals surface area contributed by atoms with Crippen molar-refractivity contribution in [2.75, 3.05) is 10.6 Å². The molecule has 0 radical (unpaired) electrons. The Morgan fingerprint density at radius 1 is 0.972 bits per heavy atom. The highest BCUT2D eigenvalue weighted by molar-refractivity contribution is 7.15. The quantitative estimate of drug-likeness (QED) is 0.284. The molecule has 1 aromatic carbocycles. The Balaban J connectivity index is 1.15. The molecule has 36 heavy (non-hydrogen) atoms. The van der Waals surface area contributed by atoms with Crippen LogP contribution in [0.4, 0.5) is 10.9 Å². The number of carbonyl (C=O) groups is 2. The Morgan fingerprint density at radius 3 is 2.58 bits per heavy atom. The number of hydrogen-bond donors (Lipinski definition) is 2. The largest absolute Gasteiger partial charge is 0.309 e. The van der Waals surface area contributed by atoms with E-state index in [2.05, 4.69) is 41.3 Å². The molecule has 0 fully saturated rings. The molecule has 2 amide bonds. The number of rotatable bonds is 11. The molecule has 13 heteroatoms. The number of halogens is 1. The highest BCUT2D eigenvalue weighted by Crippen LogP contribution is 2.18. The van der Waals surface area contributed by atoms with Crippen LogP contribution in [0.1, 0.15) is 34.7 Å². The highest BCUT2D eigenvalue weighted by Gasteiger charge is 2.10. The third kappa shape index (κ3) is 7.89. The number of nitrogens with one attached hydrogen (secondary N) is 2. The summed E-state index contributed by atoms with van der Waals surface area (Å²) in [6.07, 6.45) is 5.03. The maximum absolute atomic E-state index is 12.2. The van der Waals surface area contributed by atoms with Crippen molar-refractivity contribution in [3.63, 3.8) is 0 Å². The van der Waals surface area contributed by atoms with Crippen LogP contribution in [-0.4, -0.2) is 47.2 Å². The monoisotopic (exact) mass is 525 g/mol. The van der Waals surface area contributed by atoms with Crippen LogP contribution in [0.5, 0.6) is 0 Å². The van der Waals surface area contributed by atoms with Gasteiger partial charge in [-0.05, 0) is 43.9 Å². The van der Waals surface area contributed by atoms with Crippen molar-refractivity contribution < 1.29 is 9.59 Å². The number of benzene rings is 1. The first kappa shape index (κ1) is 25.3. The summed E-state index contributed by atoms with van der Waals surface area (Å²) < 4.78 is 1.34. The Labute approximate surface area is 216 Å². The van der Waals surface area contributed by atoms with Crippen molar-refractivity contribution in [1.82, 2.24) is 35.4 Å². The second-order valence-corrected chi connectivity index (χ2v) is 9.57. The van der Waals surface area contributed by atoms with Gasteiger partial charge in [0.2, 0.25) is 16.9 Å². The van der Waals surface area contributed by atoms with Gasteiger partial charge in [0.15, 0.2) is 11.0 Å². The van der Waals surface area contributed by atoms with E-state index in [1.807, 2.05) is 37.3 Å². The SMILES string of the molecule is Cc1cccc(CC(=O)Nc2ccc(CCCCc3nnc(NC(=O)Cn4cc(Cl)nn4)s3)nn2)c1. The Bertz CT molecular complexity index is 1320. The zero-order chi connectivity index (χ0) is 25.3. The predicted molar refractivity (Wildman–Crippen MR) is 136 cm³/mol. The average molecular weight is 526 g/mol. The van der Waals surface area contributed by atoms with E-state index in [1.165, 1.54) is 22.2 Å². The lowest BCUT2D eigenvalue weighted by molar-refractivity contribution is -0.117. The molecule has 11 nitrogen and oxygen atoms in total. The van der Waals surface area contributed by atoms with E-state index in [9.17, 15) is 9.59 Å². The fourth-order valence-electron chi connectivity index (χ4n) is 3.40. The molecular weight excluding hydrogens is 502 g/mol. The first-order chi connectivity index (χ1) is 17.4. The molecule has 3 aromatic heterocycles. The lowest BCUT2D eigenvalue weighted by Gasteiger charge is -2.05. The molecule has 0 saturated heterocycles. The summed E-state index contributed by atoms with van der Waals surface area (Å²) in [4.78, 5) is 24.3. The van der Waals surface area contributed by atoms with Crippen molar-refractivity contribution in [2.45, 2.75) is 45.6 Å². The molecule has 186 valence electrons. The van der Waals surface area contributed by atoms with Gasteiger partial charge >= 0.3 is 0 Å². The molecule has 0 spiro atoms. The van der Waals surface area contributed by atoms with Gasteiger partial charge in [-0.2, -0.15) is 5.10 Å². The van der Waals surface area contributed by atoms with E-state index in [4.69, 9.17) is 11.6 Å². The molecule has 0 atom stereocenters. The van der Waals surface area contributed by atoms with Gasteiger partial charge in [0.1, 0.15) is 11.6 Å². The van der Waals surface area contributed by atoms with Crippen molar-refractivity contribution >= 4 is 45.7 Å². The van der Waals surface area contributed by atoms with Gasteiger partial charge in [-0.15, -0.1) is 20.4 Å². The second-order valence-electron chi connectivity index (χ2n) is 8.12. The first-order valence-electron chi connectivity index (χ1n) is 11.3. The standard InChI is InChI=1S/C23H24ClN9O2S/c1-15-5-4-6-16(11-15)12-20(34)25-19-10-9-17(27-29-19)7-2-3-8-22-30-31-23(36-22)26-21(35)14-33-13-18(24)28-32-33/h4-6,9-11,13H,2-3,7-8,12,14H2,1H3,(H,25,29,34)(H,26,31,35). The van der Waals surface area contributed by atoms with Crippen molar-refractivity contribution in [1.29, 1.82) is 0 Å². The number of amides is 2. The summed E-state index contributed by atoms with van der Waals surface area (Å²) in [5.41, 5.74) is 2.93. The number of anilines is 2. The zero-order valence-electron chi connectivity index (χ0n) is 19.5. The van der Waals surface area contributed by atoms with E-state index >= 15 is 0 Å². The molecule has 2 N–H and O–H groups in total. The van der Waals surface area contributed by atoms with Gasteiger partial charge < -0.3 is 5.32 Å². The predicted octanol–water partition coefficient (Wildman–Crippen LogP) is 3.27. The van der Waals surface area contributed by atoms with Gasteiger partial charge in [-0.3, -0.25) is 14.9 Å². The smallest absolute Gasteiger partial charge is 0.247 e. The summed E-state index contributed by atoms with van der Waals surface area (Å²) in [5.74, 6) is 0.0254. The Kier molecular flexibility index (Phi) is 8.63. The third-order valence-corrected chi connectivity index (χ3v) is 6.11. The van der Waals surface area contributed by atoms with E-state index in [0.717, 1.165) is 47.5 Å². The molecule has 0 aliphatic rings. The van der Waals surface area contributed by atoms with Gasteiger partial charge in [-0.1, -0.05) is 58.0 Å². The van der Waals surface area contributed by atoms with Gasteiger partial charge in [0.25, 0.3) is 0 Å². The summed E-state index contributed by atoms with van der Waals surface area (Å²) in [7, 11) is 0. The summed E-state index contributed by atoms with van der Waals surface area (Å²) >= 11 is 7.03. The van der Waals surface area contributed by atoms with Crippen LogP contribution in [0.15, 0.2) is 42.6 Å². The van der Waals surface area contributed by atoms with E-state index in [-0.39, 0.29) is 23.5 Å². The minimum Gasteiger partial charge on any atom is -0.309 e. The third-order valence-electron chi connectivity index (χ3n) is 5.04. The van der Waals surface area contributed by atoms with Gasteiger partial charge in [0, 0.05) is 6.42 Å². The van der Waals surface area contributed by atoms with Crippen LogP contribution < -0.4 is 10.6 Å². The maximum Gasteiger partial charge on any atom is 0.247 e. The molecule has 0 aliphatic carbocycles. The van der Waals surface area contributed by atoms with Crippen LogP contribution in [0.25, 0.3) is 0 Å². The minimum absolute atomic E-state index is 0.00906. The molecule has 4 rings (SSSR count). The minimum atomic E-state index is -0.285. The number of carbonyl (C=O) groups excluding carboxylic acids is 2. The molecule has 4 aromatic rings. The Hall–Kier alpha value is -3.77. The highest BCUT2D eigenvalue weighted by atomic mass is 35.5. The second kappa shape index (κ2) is 12.3. The lowest BCUT2D eigenvalue weighted by Crippen LogP contribution is -2.19.